The molecule has 1 aliphatic rings. The van der Waals surface area contributed by atoms with Gasteiger partial charge in [-0.25, -0.2) is 4.79 Å². The molecule has 6 nitrogen and oxygen atoms in total. The van der Waals surface area contributed by atoms with E-state index >= 15 is 0 Å². The highest BCUT2D eigenvalue weighted by Gasteiger charge is 2.29. The molecule has 0 saturated carbocycles. The van der Waals surface area contributed by atoms with Crippen LogP contribution in [0.2, 0.25) is 0 Å². The van der Waals surface area contributed by atoms with Crippen molar-refractivity contribution >= 4 is 12.0 Å². The first-order valence-corrected chi connectivity index (χ1v) is 7.26. The van der Waals surface area contributed by atoms with Crippen LogP contribution in [0.15, 0.2) is 0 Å². The summed E-state index contributed by atoms with van der Waals surface area (Å²) in [4.78, 5) is 26.6. The summed E-state index contributed by atoms with van der Waals surface area (Å²) in [6, 6.07) is -0.127. The van der Waals surface area contributed by atoms with Gasteiger partial charge in [0.2, 0.25) is 0 Å². The van der Waals surface area contributed by atoms with Gasteiger partial charge in [-0.2, -0.15) is 0 Å². The third kappa shape index (κ3) is 4.67. The van der Waals surface area contributed by atoms with Crippen molar-refractivity contribution in [1.29, 1.82) is 0 Å². The summed E-state index contributed by atoms with van der Waals surface area (Å²) in [5.41, 5.74) is -0.708. The molecule has 2 amide bonds. The fourth-order valence-electron chi connectivity index (χ4n) is 2.41. The maximum absolute atomic E-state index is 12.4. The van der Waals surface area contributed by atoms with Crippen molar-refractivity contribution in [2.75, 3.05) is 26.2 Å². The molecule has 2 unspecified atom stereocenters. The standard InChI is InChI=1S/C14H26N2O4/c1-4-15(10-11(2)12(17)18)13(19)16-8-5-6-14(3,20)7-9-16/h11,20H,4-10H2,1-3H3,(H,17,18). The highest BCUT2D eigenvalue weighted by atomic mass is 16.4. The maximum Gasteiger partial charge on any atom is 0.320 e. The molecular weight excluding hydrogens is 260 g/mol. The van der Waals surface area contributed by atoms with Gasteiger partial charge in [-0.05, 0) is 33.1 Å². The van der Waals surface area contributed by atoms with Crippen LogP contribution >= 0.6 is 0 Å². The fraction of sp³-hybridized carbons (Fsp3) is 0.857. The third-order valence-electron chi connectivity index (χ3n) is 3.90. The molecule has 1 saturated heterocycles. The number of urea groups is 1. The van der Waals surface area contributed by atoms with E-state index in [1.807, 2.05) is 6.92 Å². The summed E-state index contributed by atoms with van der Waals surface area (Å²) in [7, 11) is 0. The molecular formula is C14H26N2O4. The van der Waals surface area contributed by atoms with Crippen molar-refractivity contribution < 1.29 is 19.8 Å². The molecule has 0 bridgehead atoms. The summed E-state index contributed by atoms with van der Waals surface area (Å²) in [6.07, 6.45) is 2.02. The van der Waals surface area contributed by atoms with Crippen molar-refractivity contribution in [2.24, 2.45) is 5.92 Å². The molecule has 116 valence electrons. The number of aliphatic hydroxyl groups is 1. The Morgan fingerprint density at radius 3 is 2.55 bits per heavy atom. The summed E-state index contributed by atoms with van der Waals surface area (Å²) in [5, 5.41) is 19.0. The highest BCUT2D eigenvalue weighted by Crippen LogP contribution is 2.22. The quantitative estimate of drug-likeness (QED) is 0.818. The van der Waals surface area contributed by atoms with Crippen LogP contribution in [0.1, 0.15) is 40.0 Å². The first-order chi connectivity index (χ1) is 9.26. The van der Waals surface area contributed by atoms with E-state index in [4.69, 9.17) is 5.11 Å². The predicted octanol–water partition coefficient (Wildman–Crippen LogP) is 1.39. The van der Waals surface area contributed by atoms with E-state index < -0.39 is 17.5 Å². The number of rotatable bonds is 4. The molecule has 2 N–H and O–H groups in total. The molecule has 0 radical (unpaired) electrons. The van der Waals surface area contributed by atoms with Gasteiger partial charge in [0.15, 0.2) is 0 Å². The van der Waals surface area contributed by atoms with E-state index in [2.05, 4.69) is 0 Å². The Labute approximate surface area is 120 Å². The normalized spacial score (nSPS) is 24.9. The van der Waals surface area contributed by atoms with E-state index in [0.717, 1.165) is 6.42 Å². The minimum atomic E-state index is -0.893. The number of nitrogens with zero attached hydrogens (tertiary/aromatic N) is 2. The molecule has 0 aliphatic carbocycles. The molecule has 0 aromatic heterocycles. The molecule has 1 fully saturated rings. The molecule has 1 aliphatic heterocycles. The van der Waals surface area contributed by atoms with Gasteiger partial charge in [0.1, 0.15) is 0 Å². The van der Waals surface area contributed by atoms with E-state index in [1.165, 1.54) is 0 Å². The number of carbonyl (C=O) groups excluding carboxylic acids is 1. The van der Waals surface area contributed by atoms with E-state index in [9.17, 15) is 14.7 Å². The van der Waals surface area contributed by atoms with Crippen LogP contribution < -0.4 is 0 Å². The lowest BCUT2D eigenvalue weighted by atomic mass is 9.98. The van der Waals surface area contributed by atoms with Gasteiger partial charge in [0.25, 0.3) is 0 Å². The van der Waals surface area contributed by atoms with Crippen molar-refractivity contribution in [2.45, 2.75) is 45.6 Å². The summed E-state index contributed by atoms with van der Waals surface area (Å²) < 4.78 is 0. The van der Waals surface area contributed by atoms with Crippen LogP contribution in [0.5, 0.6) is 0 Å². The molecule has 0 spiro atoms. The zero-order chi connectivity index (χ0) is 15.3. The molecule has 1 rings (SSSR count). The number of hydrogen-bond acceptors (Lipinski definition) is 3. The second kappa shape index (κ2) is 6.92. The smallest absolute Gasteiger partial charge is 0.320 e. The highest BCUT2D eigenvalue weighted by molar-refractivity contribution is 5.76. The second-order valence-electron chi connectivity index (χ2n) is 5.90. The van der Waals surface area contributed by atoms with Gasteiger partial charge in [-0.15, -0.1) is 0 Å². The average molecular weight is 286 g/mol. The lowest BCUT2D eigenvalue weighted by molar-refractivity contribution is -0.141. The van der Waals surface area contributed by atoms with Gasteiger partial charge in [0.05, 0.1) is 11.5 Å². The van der Waals surface area contributed by atoms with Crippen LogP contribution in [0.25, 0.3) is 0 Å². The monoisotopic (exact) mass is 286 g/mol. The number of likely N-dealkylation sites (tertiary alicyclic amines) is 1. The maximum atomic E-state index is 12.4. The number of amides is 2. The molecule has 0 aromatic rings. The number of carboxylic acid groups (broad SMARTS) is 1. The zero-order valence-corrected chi connectivity index (χ0v) is 12.6. The van der Waals surface area contributed by atoms with Crippen molar-refractivity contribution in [3.05, 3.63) is 0 Å². The molecule has 1 heterocycles. The van der Waals surface area contributed by atoms with Crippen molar-refractivity contribution in [3.63, 3.8) is 0 Å². The number of carbonyl (C=O) groups is 2. The van der Waals surface area contributed by atoms with Crippen molar-refractivity contribution in [1.82, 2.24) is 9.80 Å². The van der Waals surface area contributed by atoms with Crippen LogP contribution in [0, 0.1) is 5.92 Å². The van der Waals surface area contributed by atoms with Gasteiger partial charge in [-0.1, -0.05) is 6.92 Å². The van der Waals surface area contributed by atoms with Crippen LogP contribution in [-0.4, -0.2) is 63.8 Å². The van der Waals surface area contributed by atoms with Gasteiger partial charge in [-0.3, -0.25) is 4.79 Å². The Morgan fingerprint density at radius 2 is 2.00 bits per heavy atom. The molecule has 20 heavy (non-hydrogen) atoms. The first-order valence-electron chi connectivity index (χ1n) is 7.26. The minimum absolute atomic E-state index is 0.127. The Morgan fingerprint density at radius 1 is 1.35 bits per heavy atom. The summed E-state index contributed by atoms with van der Waals surface area (Å²) in [6.45, 7) is 7.09. The van der Waals surface area contributed by atoms with Crippen LogP contribution in [-0.2, 0) is 4.79 Å². The Bertz CT molecular complexity index is 357. The Balaban J connectivity index is 2.64. The number of aliphatic carboxylic acids is 1. The van der Waals surface area contributed by atoms with Gasteiger partial charge < -0.3 is 20.0 Å². The van der Waals surface area contributed by atoms with E-state index in [0.29, 0.717) is 32.5 Å². The van der Waals surface area contributed by atoms with Gasteiger partial charge >= 0.3 is 12.0 Å². The van der Waals surface area contributed by atoms with E-state index in [-0.39, 0.29) is 12.6 Å². The minimum Gasteiger partial charge on any atom is -0.481 e. The first kappa shape index (κ1) is 16.8. The summed E-state index contributed by atoms with van der Waals surface area (Å²) >= 11 is 0. The lowest BCUT2D eigenvalue weighted by Gasteiger charge is -2.30. The second-order valence-corrected chi connectivity index (χ2v) is 5.90. The van der Waals surface area contributed by atoms with Crippen molar-refractivity contribution in [3.8, 4) is 0 Å². The lowest BCUT2D eigenvalue weighted by Crippen LogP contribution is -2.46. The zero-order valence-electron chi connectivity index (χ0n) is 12.6. The predicted molar refractivity (Wildman–Crippen MR) is 75.5 cm³/mol. The van der Waals surface area contributed by atoms with Crippen LogP contribution in [0.4, 0.5) is 4.79 Å². The summed E-state index contributed by atoms with van der Waals surface area (Å²) in [5.74, 6) is -1.47. The number of carboxylic acids is 1. The van der Waals surface area contributed by atoms with E-state index in [1.54, 1.807) is 23.6 Å². The average Bonchev–Trinajstić information content (AvgIpc) is 2.55. The van der Waals surface area contributed by atoms with Gasteiger partial charge in [0, 0.05) is 26.2 Å². The molecule has 6 heteroatoms. The Hall–Kier alpha value is -1.30. The topological polar surface area (TPSA) is 81.1 Å². The molecule has 2 atom stereocenters. The fourth-order valence-corrected chi connectivity index (χ4v) is 2.41. The molecule has 0 aromatic carbocycles. The number of hydrogen-bond donors (Lipinski definition) is 2. The Kier molecular flexibility index (Phi) is 5.80. The third-order valence-corrected chi connectivity index (χ3v) is 3.90. The largest absolute Gasteiger partial charge is 0.481 e. The van der Waals surface area contributed by atoms with Crippen LogP contribution in [0.3, 0.4) is 0 Å². The SMILES string of the molecule is CCN(CC(C)C(=O)O)C(=O)N1CCCC(C)(O)CC1.